The minimum absolute atomic E-state index is 0.00318. The Kier molecular flexibility index (Phi) is 6.63. The molecule has 3 rings (SSSR count). The highest BCUT2D eigenvalue weighted by Crippen LogP contribution is 2.41. The van der Waals surface area contributed by atoms with E-state index in [-0.39, 0.29) is 45.8 Å². The summed E-state index contributed by atoms with van der Waals surface area (Å²) in [5.41, 5.74) is 3.07. The molecule has 1 heterocycles. The van der Waals surface area contributed by atoms with Crippen LogP contribution in [0.1, 0.15) is 38.8 Å². The van der Waals surface area contributed by atoms with Crippen molar-refractivity contribution in [3.63, 3.8) is 0 Å². The zero-order valence-electron chi connectivity index (χ0n) is 18.9. The van der Waals surface area contributed by atoms with E-state index in [4.69, 9.17) is 9.15 Å². The molecule has 0 aliphatic rings. The smallest absolute Gasteiger partial charge is 0.204 e. The number of rotatable bonds is 6. The van der Waals surface area contributed by atoms with Gasteiger partial charge in [-0.3, -0.25) is 4.79 Å². The molecule has 6 heteroatoms. The van der Waals surface area contributed by atoms with Gasteiger partial charge < -0.3 is 24.5 Å². The van der Waals surface area contributed by atoms with Crippen LogP contribution in [0.4, 0.5) is 0 Å². The first-order chi connectivity index (χ1) is 15.1. The fourth-order valence-corrected chi connectivity index (χ4v) is 3.54. The number of hydrogen-bond acceptors (Lipinski definition) is 6. The molecule has 32 heavy (non-hydrogen) atoms. The molecular formula is C26H28O6. The lowest BCUT2D eigenvalue weighted by Crippen LogP contribution is -2.08. The van der Waals surface area contributed by atoms with E-state index in [1.54, 1.807) is 6.07 Å². The fourth-order valence-electron chi connectivity index (χ4n) is 3.54. The van der Waals surface area contributed by atoms with Crippen LogP contribution in [-0.4, -0.2) is 22.4 Å². The maximum Gasteiger partial charge on any atom is 0.204 e. The topological polar surface area (TPSA) is 100 Å². The van der Waals surface area contributed by atoms with Crippen molar-refractivity contribution >= 4 is 11.0 Å². The van der Waals surface area contributed by atoms with E-state index in [0.717, 1.165) is 11.1 Å². The van der Waals surface area contributed by atoms with Crippen LogP contribution in [0.2, 0.25) is 0 Å². The van der Waals surface area contributed by atoms with Crippen molar-refractivity contribution in [1.29, 1.82) is 0 Å². The number of allylic oxidation sites excluding steroid dienone is 4. The lowest BCUT2D eigenvalue weighted by molar-refractivity contribution is 0.409. The number of ether oxygens (including phenoxy) is 1. The molecule has 0 unspecified atom stereocenters. The summed E-state index contributed by atoms with van der Waals surface area (Å²) in [7, 11) is 1.44. The van der Waals surface area contributed by atoms with Crippen LogP contribution in [0, 0.1) is 0 Å². The fraction of sp³-hybridized carbons (Fsp3) is 0.269. The summed E-state index contributed by atoms with van der Waals surface area (Å²) in [6.07, 6.45) is 5.70. The molecule has 168 valence electrons. The Balaban J connectivity index is 2.39. The van der Waals surface area contributed by atoms with E-state index in [9.17, 15) is 20.1 Å². The van der Waals surface area contributed by atoms with Gasteiger partial charge in [-0.25, -0.2) is 0 Å². The Hall–Kier alpha value is -3.67. The minimum atomic E-state index is -0.454. The summed E-state index contributed by atoms with van der Waals surface area (Å²) in [4.78, 5) is 13.5. The van der Waals surface area contributed by atoms with Crippen LogP contribution in [0.3, 0.4) is 0 Å². The van der Waals surface area contributed by atoms with E-state index < -0.39 is 5.43 Å². The van der Waals surface area contributed by atoms with Crippen molar-refractivity contribution in [3.8, 4) is 34.1 Å². The molecule has 0 aliphatic heterocycles. The molecular weight excluding hydrogens is 408 g/mol. The number of methoxy groups -OCH3 is 1. The molecule has 0 amide bonds. The van der Waals surface area contributed by atoms with Crippen LogP contribution >= 0.6 is 0 Å². The third kappa shape index (κ3) is 4.35. The average molecular weight is 437 g/mol. The molecule has 0 spiro atoms. The highest BCUT2D eigenvalue weighted by Gasteiger charge is 2.24. The SMILES string of the molecule is COc1cc(O)ccc1-c1coc2c(CC=C(C)C)c(O)c(CC=C(C)C)c(O)c2c1=O. The summed E-state index contributed by atoms with van der Waals surface area (Å²) >= 11 is 0. The van der Waals surface area contributed by atoms with Crippen molar-refractivity contribution in [1.82, 2.24) is 0 Å². The van der Waals surface area contributed by atoms with Gasteiger partial charge in [0, 0.05) is 22.8 Å². The third-order valence-corrected chi connectivity index (χ3v) is 5.27. The van der Waals surface area contributed by atoms with Gasteiger partial charge in [0.15, 0.2) is 0 Å². The van der Waals surface area contributed by atoms with Gasteiger partial charge in [-0.1, -0.05) is 23.3 Å². The molecule has 3 N–H and O–H groups in total. The van der Waals surface area contributed by atoms with Gasteiger partial charge in [0.05, 0.1) is 12.7 Å². The largest absolute Gasteiger partial charge is 0.508 e. The number of phenolic OH excluding ortho intramolecular Hbond substituents is 3. The minimum Gasteiger partial charge on any atom is -0.508 e. The predicted octanol–water partition coefficient (Wildman–Crippen LogP) is 5.60. The highest BCUT2D eigenvalue weighted by molar-refractivity contribution is 5.93. The van der Waals surface area contributed by atoms with Crippen molar-refractivity contribution in [2.45, 2.75) is 40.5 Å². The number of hydrogen-bond donors (Lipinski definition) is 3. The summed E-state index contributed by atoms with van der Waals surface area (Å²) in [6.45, 7) is 7.72. The molecule has 0 aliphatic carbocycles. The van der Waals surface area contributed by atoms with Gasteiger partial charge in [-0.15, -0.1) is 0 Å². The average Bonchev–Trinajstić information content (AvgIpc) is 2.73. The number of benzene rings is 2. The second-order valence-electron chi connectivity index (χ2n) is 8.19. The Morgan fingerprint density at radius 3 is 2.16 bits per heavy atom. The standard InChI is InChI=1S/C26H28O6/c1-14(2)6-9-18-23(28)19(10-7-15(3)4)26-22(24(18)29)25(30)20(13-32-26)17-11-8-16(27)12-21(17)31-5/h6-8,11-13,27-29H,9-10H2,1-5H3. The van der Waals surface area contributed by atoms with E-state index in [1.165, 1.54) is 25.5 Å². The Morgan fingerprint density at radius 2 is 1.56 bits per heavy atom. The molecule has 0 saturated carbocycles. The molecule has 0 bridgehead atoms. The molecule has 3 aromatic rings. The first-order valence-corrected chi connectivity index (χ1v) is 10.3. The van der Waals surface area contributed by atoms with Gasteiger partial charge in [0.2, 0.25) is 5.43 Å². The zero-order valence-corrected chi connectivity index (χ0v) is 18.9. The van der Waals surface area contributed by atoms with Crippen molar-refractivity contribution < 1.29 is 24.5 Å². The lowest BCUT2D eigenvalue weighted by Gasteiger charge is -2.15. The maximum absolute atomic E-state index is 13.5. The van der Waals surface area contributed by atoms with Crippen molar-refractivity contribution in [2.24, 2.45) is 0 Å². The molecule has 0 atom stereocenters. The van der Waals surface area contributed by atoms with Gasteiger partial charge >= 0.3 is 0 Å². The second-order valence-corrected chi connectivity index (χ2v) is 8.19. The monoisotopic (exact) mass is 436 g/mol. The van der Waals surface area contributed by atoms with Crippen molar-refractivity contribution in [3.05, 3.63) is 69.1 Å². The number of fused-ring (bicyclic) bond motifs is 1. The molecule has 0 fully saturated rings. The van der Waals surface area contributed by atoms with Gasteiger partial charge in [-0.05, 0) is 52.7 Å². The van der Waals surface area contributed by atoms with Crippen LogP contribution in [0.5, 0.6) is 23.0 Å². The Morgan fingerprint density at radius 1 is 0.938 bits per heavy atom. The summed E-state index contributed by atoms with van der Waals surface area (Å²) in [5, 5.41) is 31.7. The first kappa shape index (κ1) is 23.0. The van der Waals surface area contributed by atoms with Gasteiger partial charge in [0.1, 0.15) is 40.2 Å². The molecule has 6 nitrogen and oxygen atoms in total. The molecule has 0 radical (unpaired) electrons. The van der Waals surface area contributed by atoms with Crippen LogP contribution in [0.15, 0.2) is 57.0 Å². The van der Waals surface area contributed by atoms with Crippen molar-refractivity contribution in [2.75, 3.05) is 7.11 Å². The highest BCUT2D eigenvalue weighted by atomic mass is 16.5. The van der Waals surface area contributed by atoms with E-state index >= 15 is 0 Å². The maximum atomic E-state index is 13.5. The van der Waals surface area contributed by atoms with E-state index in [0.29, 0.717) is 23.3 Å². The summed E-state index contributed by atoms with van der Waals surface area (Å²) in [5.74, 6) is -0.0894. The lowest BCUT2D eigenvalue weighted by atomic mass is 9.95. The summed E-state index contributed by atoms with van der Waals surface area (Å²) < 4.78 is 11.1. The number of aromatic hydroxyl groups is 3. The van der Waals surface area contributed by atoms with E-state index in [2.05, 4.69) is 0 Å². The third-order valence-electron chi connectivity index (χ3n) is 5.27. The normalized spacial score (nSPS) is 10.8. The van der Waals surface area contributed by atoms with Crippen LogP contribution in [-0.2, 0) is 12.8 Å². The quantitative estimate of drug-likeness (QED) is 0.435. The van der Waals surface area contributed by atoms with Crippen LogP contribution < -0.4 is 10.2 Å². The second kappa shape index (κ2) is 9.22. The molecule has 0 saturated heterocycles. The van der Waals surface area contributed by atoms with Gasteiger partial charge in [0.25, 0.3) is 0 Å². The Bertz CT molecular complexity index is 1290. The first-order valence-electron chi connectivity index (χ1n) is 10.3. The molecule has 2 aromatic carbocycles. The Labute approximate surface area is 186 Å². The summed E-state index contributed by atoms with van der Waals surface area (Å²) in [6, 6.07) is 4.40. The molecule has 1 aromatic heterocycles. The number of phenols is 3. The van der Waals surface area contributed by atoms with Crippen LogP contribution in [0.25, 0.3) is 22.1 Å². The van der Waals surface area contributed by atoms with Gasteiger partial charge in [-0.2, -0.15) is 0 Å². The predicted molar refractivity (Wildman–Crippen MR) is 126 cm³/mol. The van der Waals surface area contributed by atoms with E-state index in [1.807, 2.05) is 39.8 Å². The zero-order chi connectivity index (χ0) is 23.6.